The summed E-state index contributed by atoms with van der Waals surface area (Å²) >= 11 is 1.70. The lowest BCUT2D eigenvalue weighted by molar-refractivity contribution is -0.0670. The summed E-state index contributed by atoms with van der Waals surface area (Å²) in [6, 6.07) is 5.90. The average Bonchev–Trinajstić information content (AvgIpc) is 2.34. The molecule has 16 heavy (non-hydrogen) atoms. The third-order valence-corrected chi connectivity index (χ3v) is 3.11. The van der Waals surface area contributed by atoms with Crippen LogP contribution in [0.5, 0.6) is 0 Å². The molecule has 0 saturated heterocycles. The molecule has 0 fully saturated rings. The van der Waals surface area contributed by atoms with Gasteiger partial charge in [-0.1, -0.05) is 11.6 Å². The molecule has 0 radical (unpaired) electrons. The van der Waals surface area contributed by atoms with E-state index < -0.39 is 0 Å². The molecule has 1 rings (SSSR count). The lowest BCUT2D eigenvalue weighted by atomic mass is 10.3. The Morgan fingerprint density at radius 2 is 2.19 bits per heavy atom. The zero-order valence-electron chi connectivity index (χ0n) is 9.84. The SMILES string of the molecule is COC(/C=C(\C)CSc1ccccn1)OC. The van der Waals surface area contributed by atoms with Crippen LogP contribution in [0, 0.1) is 0 Å². The normalized spacial score (nSPS) is 12.1. The van der Waals surface area contributed by atoms with Gasteiger partial charge in [0.05, 0.1) is 5.03 Å². The topological polar surface area (TPSA) is 31.4 Å². The van der Waals surface area contributed by atoms with Crippen molar-refractivity contribution in [1.29, 1.82) is 0 Å². The minimum atomic E-state index is -0.260. The first-order valence-corrected chi connectivity index (χ1v) is 6.01. The summed E-state index contributed by atoms with van der Waals surface area (Å²) in [4.78, 5) is 4.24. The van der Waals surface area contributed by atoms with E-state index in [-0.39, 0.29) is 6.29 Å². The lowest BCUT2D eigenvalue weighted by Crippen LogP contribution is -2.10. The second kappa shape index (κ2) is 7.44. The van der Waals surface area contributed by atoms with E-state index in [1.807, 2.05) is 24.3 Å². The van der Waals surface area contributed by atoms with Gasteiger partial charge in [-0.15, -0.1) is 11.8 Å². The molecule has 1 aromatic heterocycles. The standard InChI is InChI=1S/C12H17NO2S/c1-10(8-12(14-2)15-3)9-16-11-6-4-5-7-13-11/h4-8,12H,9H2,1-3H3/b10-8+. The predicted octanol–water partition coefficient (Wildman–Crippen LogP) is 2.74. The van der Waals surface area contributed by atoms with E-state index in [1.165, 1.54) is 5.57 Å². The average molecular weight is 239 g/mol. The lowest BCUT2D eigenvalue weighted by Gasteiger charge is -2.09. The highest BCUT2D eigenvalue weighted by molar-refractivity contribution is 7.99. The van der Waals surface area contributed by atoms with Crippen molar-refractivity contribution in [2.75, 3.05) is 20.0 Å². The fourth-order valence-corrected chi connectivity index (χ4v) is 1.91. The summed E-state index contributed by atoms with van der Waals surface area (Å²) in [5.74, 6) is 0.889. The largest absolute Gasteiger partial charge is 0.352 e. The minimum absolute atomic E-state index is 0.260. The molecule has 0 aliphatic rings. The summed E-state index contributed by atoms with van der Waals surface area (Å²) in [7, 11) is 3.26. The molecule has 0 spiro atoms. The fraction of sp³-hybridized carbons (Fsp3) is 0.417. The molecule has 0 amide bonds. The van der Waals surface area contributed by atoms with Crippen molar-refractivity contribution in [1.82, 2.24) is 4.98 Å². The Kier molecular flexibility index (Phi) is 6.15. The van der Waals surface area contributed by atoms with Crippen LogP contribution in [0.15, 0.2) is 41.1 Å². The monoisotopic (exact) mass is 239 g/mol. The molecule has 3 nitrogen and oxygen atoms in total. The van der Waals surface area contributed by atoms with Gasteiger partial charge in [-0.3, -0.25) is 0 Å². The second-order valence-corrected chi connectivity index (χ2v) is 4.31. The number of hydrogen-bond donors (Lipinski definition) is 0. The third kappa shape index (κ3) is 4.79. The van der Waals surface area contributed by atoms with Crippen LogP contribution in [-0.2, 0) is 9.47 Å². The van der Waals surface area contributed by atoms with Gasteiger partial charge in [0.15, 0.2) is 6.29 Å². The number of ether oxygens (including phenoxy) is 2. The Morgan fingerprint density at radius 1 is 1.44 bits per heavy atom. The number of pyridine rings is 1. The molecule has 0 N–H and O–H groups in total. The van der Waals surface area contributed by atoms with Gasteiger partial charge in [0.2, 0.25) is 0 Å². The molecule has 0 unspecified atom stereocenters. The van der Waals surface area contributed by atoms with Gasteiger partial charge in [0.25, 0.3) is 0 Å². The van der Waals surface area contributed by atoms with Gasteiger partial charge in [-0.25, -0.2) is 4.98 Å². The van der Waals surface area contributed by atoms with Crippen molar-refractivity contribution in [3.05, 3.63) is 36.0 Å². The molecule has 0 bridgehead atoms. The molecule has 1 heterocycles. The van der Waals surface area contributed by atoms with E-state index in [1.54, 1.807) is 32.2 Å². The number of methoxy groups -OCH3 is 2. The molecule has 0 aliphatic carbocycles. The molecule has 88 valence electrons. The van der Waals surface area contributed by atoms with Crippen LogP contribution in [0.3, 0.4) is 0 Å². The van der Waals surface area contributed by atoms with Crippen LogP contribution in [0.1, 0.15) is 6.92 Å². The van der Waals surface area contributed by atoms with E-state index in [0.29, 0.717) is 0 Å². The van der Waals surface area contributed by atoms with E-state index >= 15 is 0 Å². The van der Waals surface area contributed by atoms with E-state index in [0.717, 1.165) is 10.8 Å². The molecule has 4 heteroatoms. The highest BCUT2D eigenvalue weighted by atomic mass is 32.2. The first-order valence-electron chi connectivity index (χ1n) is 5.03. The van der Waals surface area contributed by atoms with Crippen LogP contribution in [-0.4, -0.2) is 31.2 Å². The molecule has 0 saturated carbocycles. The first kappa shape index (κ1) is 13.2. The molecule has 0 aromatic carbocycles. The van der Waals surface area contributed by atoms with Crippen LogP contribution in [0.25, 0.3) is 0 Å². The maximum atomic E-state index is 5.10. The number of thioether (sulfide) groups is 1. The minimum Gasteiger partial charge on any atom is -0.352 e. The summed E-state index contributed by atoms with van der Waals surface area (Å²) in [6.45, 7) is 2.06. The molecule has 0 atom stereocenters. The first-order chi connectivity index (χ1) is 7.76. The van der Waals surface area contributed by atoms with Gasteiger partial charge in [0, 0.05) is 26.2 Å². The van der Waals surface area contributed by atoms with Gasteiger partial charge < -0.3 is 9.47 Å². The van der Waals surface area contributed by atoms with Gasteiger partial charge >= 0.3 is 0 Å². The number of aromatic nitrogens is 1. The summed E-state index contributed by atoms with van der Waals surface area (Å²) < 4.78 is 10.2. The maximum Gasteiger partial charge on any atom is 0.176 e. The van der Waals surface area contributed by atoms with E-state index in [9.17, 15) is 0 Å². The molecule has 0 aliphatic heterocycles. The van der Waals surface area contributed by atoms with Crippen molar-refractivity contribution in [2.45, 2.75) is 18.2 Å². The van der Waals surface area contributed by atoms with Gasteiger partial charge in [-0.2, -0.15) is 0 Å². The van der Waals surface area contributed by atoms with Crippen molar-refractivity contribution in [3.63, 3.8) is 0 Å². The van der Waals surface area contributed by atoms with E-state index in [4.69, 9.17) is 9.47 Å². The van der Waals surface area contributed by atoms with Crippen molar-refractivity contribution in [3.8, 4) is 0 Å². The number of hydrogen-bond acceptors (Lipinski definition) is 4. The third-order valence-electron chi connectivity index (χ3n) is 1.97. The van der Waals surface area contributed by atoms with E-state index in [2.05, 4.69) is 11.9 Å². The highest BCUT2D eigenvalue weighted by Gasteiger charge is 2.02. The summed E-state index contributed by atoms with van der Waals surface area (Å²) in [5, 5.41) is 1.03. The Bertz CT molecular complexity index is 323. The van der Waals surface area contributed by atoms with Crippen LogP contribution in [0.2, 0.25) is 0 Å². The summed E-state index contributed by atoms with van der Waals surface area (Å²) in [6.07, 6.45) is 3.51. The van der Waals surface area contributed by atoms with Crippen molar-refractivity contribution in [2.24, 2.45) is 0 Å². The van der Waals surface area contributed by atoms with Crippen molar-refractivity contribution >= 4 is 11.8 Å². The molecular weight excluding hydrogens is 222 g/mol. The van der Waals surface area contributed by atoms with Crippen LogP contribution in [0.4, 0.5) is 0 Å². The van der Waals surface area contributed by atoms with Crippen LogP contribution >= 0.6 is 11.8 Å². The Labute approximate surface area is 101 Å². The van der Waals surface area contributed by atoms with Gasteiger partial charge in [0.1, 0.15) is 0 Å². The molecular formula is C12H17NO2S. The number of rotatable bonds is 6. The smallest absolute Gasteiger partial charge is 0.176 e. The molecule has 1 aromatic rings. The Hall–Kier alpha value is -0.840. The van der Waals surface area contributed by atoms with Crippen LogP contribution < -0.4 is 0 Å². The maximum absolute atomic E-state index is 5.10. The van der Waals surface area contributed by atoms with Gasteiger partial charge in [-0.05, 0) is 25.1 Å². The summed E-state index contributed by atoms with van der Waals surface area (Å²) in [5.41, 5.74) is 1.21. The zero-order valence-corrected chi connectivity index (χ0v) is 10.7. The number of nitrogens with zero attached hydrogens (tertiary/aromatic N) is 1. The fourth-order valence-electron chi connectivity index (χ4n) is 1.13. The zero-order chi connectivity index (χ0) is 11.8. The second-order valence-electron chi connectivity index (χ2n) is 3.31. The van der Waals surface area contributed by atoms with Crippen molar-refractivity contribution < 1.29 is 9.47 Å². The highest BCUT2D eigenvalue weighted by Crippen LogP contribution is 2.17. The quantitative estimate of drug-likeness (QED) is 0.434. The Morgan fingerprint density at radius 3 is 2.75 bits per heavy atom. The predicted molar refractivity (Wildman–Crippen MR) is 66.5 cm³/mol. The Balaban J connectivity index is 2.43.